The van der Waals surface area contributed by atoms with E-state index in [4.69, 9.17) is 0 Å². The van der Waals surface area contributed by atoms with Crippen molar-refractivity contribution in [3.63, 3.8) is 0 Å². The van der Waals surface area contributed by atoms with Crippen molar-refractivity contribution in [3.8, 4) is 0 Å². The van der Waals surface area contributed by atoms with Crippen LogP contribution < -0.4 is 10.6 Å². The van der Waals surface area contributed by atoms with Crippen molar-refractivity contribution in [2.75, 3.05) is 11.9 Å². The molecule has 0 saturated carbocycles. The maximum absolute atomic E-state index is 13.4. The Bertz CT molecular complexity index is 603. The van der Waals surface area contributed by atoms with Crippen LogP contribution in [0.2, 0.25) is 0 Å². The highest BCUT2D eigenvalue weighted by molar-refractivity contribution is 5.88. The molecule has 0 saturated heterocycles. The summed E-state index contributed by atoms with van der Waals surface area (Å²) in [5, 5.41) is 14.5. The molecular weight excluding hydrogens is 280 g/mol. The van der Waals surface area contributed by atoms with E-state index in [2.05, 4.69) is 15.6 Å². The molecule has 2 amide bonds. The largest absolute Gasteiger partial charge is 0.386 e. The molecule has 2 rings (SSSR count). The van der Waals surface area contributed by atoms with Crippen molar-refractivity contribution in [1.82, 2.24) is 10.3 Å². The molecule has 1 atom stereocenters. The quantitative estimate of drug-likeness (QED) is 0.809. The Morgan fingerprint density at radius 1 is 1.19 bits per heavy atom. The number of hydrogen-bond acceptors (Lipinski definition) is 3. The summed E-state index contributed by atoms with van der Waals surface area (Å²) >= 11 is 0. The summed E-state index contributed by atoms with van der Waals surface area (Å²) in [6, 6.07) is 7.59. The van der Waals surface area contributed by atoms with E-state index in [0.29, 0.717) is 5.82 Å². The smallest absolute Gasteiger partial charge is 0.320 e. The lowest BCUT2D eigenvalue weighted by atomic mass is 10.1. The van der Waals surface area contributed by atoms with Crippen LogP contribution in [0, 0.1) is 11.6 Å². The average Bonchev–Trinajstić information content (AvgIpc) is 2.46. The number of urea groups is 1. The molecule has 0 bridgehead atoms. The first-order valence-corrected chi connectivity index (χ1v) is 6.16. The third-order valence-electron chi connectivity index (χ3n) is 2.70. The van der Waals surface area contributed by atoms with Gasteiger partial charge in [-0.2, -0.15) is 0 Å². The standard InChI is InChI=1S/C14H13F2N3O2/c15-9-4-3-5-10(16)13(9)11(20)8-18-14(21)19-12-6-1-2-7-17-12/h1-7,11,20H,8H2,(H2,17,18,19,21). The summed E-state index contributed by atoms with van der Waals surface area (Å²) in [6.07, 6.45) is 0.0137. The van der Waals surface area contributed by atoms with Gasteiger partial charge in [-0.3, -0.25) is 5.32 Å². The second kappa shape index (κ2) is 6.76. The summed E-state index contributed by atoms with van der Waals surface area (Å²) in [7, 11) is 0. The van der Waals surface area contributed by atoms with Crippen LogP contribution >= 0.6 is 0 Å². The molecule has 21 heavy (non-hydrogen) atoms. The number of rotatable bonds is 4. The molecule has 0 aliphatic rings. The number of aromatic nitrogens is 1. The number of aliphatic hydroxyl groups excluding tert-OH is 1. The summed E-state index contributed by atoms with van der Waals surface area (Å²) in [4.78, 5) is 15.4. The number of nitrogens with one attached hydrogen (secondary N) is 2. The first-order valence-electron chi connectivity index (χ1n) is 6.16. The number of hydrogen-bond donors (Lipinski definition) is 3. The number of benzene rings is 1. The van der Waals surface area contributed by atoms with Crippen LogP contribution in [0.25, 0.3) is 0 Å². The van der Waals surface area contributed by atoms with Crippen LogP contribution in [0.5, 0.6) is 0 Å². The molecule has 2 aromatic rings. The minimum atomic E-state index is -1.49. The van der Waals surface area contributed by atoms with Gasteiger partial charge < -0.3 is 10.4 Å². The van der Waals surface area contributed by atoms with E-state index in [0.717, 1.165) is 12.1 Å². The highest BCUT2D eigenvalue weighted by atomic mass is 19.1. The number of halogens is 2. The van der Waals surface area contributed by atoms with Crippen LogP contribution in [0.15, 0.2) is 42.6 Å². The Kier molecular flexibility index (Phi) is 4.78. The predicted octanol–water partition coefficient (Wildman–Crippen LogP) is 2.21. The van der Waals surface area contributed by atoms with Gasteiger partial charge in [-0.25, -0.2) is 18.6 Å². The number of nitrogens with zero attached hydrogens (tertiary/aromatic N) is 1. The van der Waals surface area contributed by atoms with Crippen LogP contribution in [0.1, 0.15) is 11.7 Å². The van der Waals surface area contributed by atoms with Crippen molar-refractivity contribution in [2.24, 2.45) is 0 Å². The van der Waals surface area contributed by atoms with Crippen molar-refractivity contribution >= 4 is 11.8 Å². The number of carbonyl (C=O) groups excluding carboxylic acids is 1. The van der Waals surface area contributed by atoms with Gasteiger partial charge in [-0.05, 0) is 24.3 Å². The van der Waals surface area contributed by atoms with E-state index < -0.39 is 29.3 Å². The fourth-order valence-electron chi connectivity index (χ4n) is 1.72. The second-order valence-corrected chi connectivity index (χ2v) is 4.20. The zero-order valence-corrected chi connectivity index (χ0v) is 10.9. The second-order valence-electron chi connectivity index (χ2n) is 4.20. The van der Waals surface area contributed by atoms with Gasteiger partial charge in [0.25, 0.3) is 0 Å². The van der Waals surface area contributed by atoms with Gasteiger partial charge in [0.1, 0.15) is 23.6 Å². The molecule has 0 aliphatic carbocycles. The third-order valence-corrected chi connectivity index (χ3v) is 2.70. The lowest BCUT2D eigenvalue weighted by molar-refractivity contribution is 0.166. The molecule has 1 heterocycles. The molecule has 0 spiro atoms. The Morgan fingerprint density at radius 3 is 2.52 bits per heavy atom. The van der Waals surface area contributed by atoms with E-state index >= 15 is 0 Å². The Morgan fingerprint density at radius 2 is 1.90 bits per heavy atom. The normalized spacial score (nSPS) is 11.8. The zero-order chi connectivity index (χ0) is 15.2. The molecule has 0 radical (unpaired) electrons. The number of carbonyl (C=O) groups is 1. The van der Waals surface area contributed by atoms with E-state index in [-0.39, 0.29) is 6.54 Å². The van der Waals surface area contributed by atoms with E-state index in [1.807, 2.05) is 0 Å². The first-order chi connectivity index (χ1) is 10.1. The van der Waals surface area contributed by atoms with Crippen molar-refractivity contribution in [2.45, 2.75) is 6.10 Å². The number of aliphatic hydroxyl groups is 1. The highest BCUT2D eigenvalue weighted by Gasteiger charge is 2.18. The van der Waals surface area contributed by atoms with Crippen molar-refractivity contribution in [3.05, 3.63) is 59.8 Å². The maximum Gasteiger partial charge on any atom is 0.320 e. The van der Waals surface area contributed by atoms with Gasteiger partial charge >= 0.3 is 6.03 Å². The first kappa shape index (κ1) is 14.9. The predicted molar refractivity (Wildman–Crippen MR) is 72.6 cm³/mol. The molecule has 110 valence electrons. The monoisotopic (exact) mass is 293 g/mol. The molecule has 1 aromatic carbocycles. The molecule has 3 N–H and O–H groups in total. The molecule has 0 aliphatic heterocycles. The molecule has 5 nitrogen and oxygen atoms in total. The highest BCUT2D eigenvalue weighted by Crippen LogP contribution is 2.19. The molecule has 1 unspecified atom stereocenters. The number of anilines is 1. The van der Waals surface area contributed by atoms with Gasteiger partial charge in [0, 0.05) is 12.7 Å². The zero-order valence-electron chi connectivity index (χ0n) is 10.9. The van der Waals surface area contributed by atoms with E-state index in [1.54, 1.807) is 18.2 Å². The van der Waals surface area contributed by atoms with E-state index in [1.165, 1.54) is 12.3 Å². The summed E-state index contributed by atoms with van der Waals surface area (Å²) in [5.41, 5.74) is -0.476. The van der Waals surface area contributed by atoms with Gasteiger partial charge in [0.2, 0.25) is 0 Å². The maximum atomic E-state index is 13.4. The molecule has 7 heteroatoms. The fraction of sp³-hybridized carbons (Fsp3) is 0.143. The SMILES string of the molecule is O=C(NCC(O)c1c(F)cccc1F)Nc1ccccn1. The Balaban J connectivity index is 1.92. The summed E-state index contributed by atoms with van der Waals surface area (Å²) < 4.78 is 26.9. The van der Waals surface area contributed by atoms with Crippen LogP contribution in [0.3, 0.4) is 0 Å². The Hall–Kier alpha value is -2.54. The lowest BCUT2D eigenvalue weighted by Crippen LogP contribution is -2.33. The topological polar surface area (TPSA) is 74.2 Å². The number of pyridine rings is 1. The minimum Gasteiger partial charge on any atom is -0.386 e. The van der Waals surface area contributed by atoms with E-state index in [9.17, 15) is 18.7 Å². The molecule has 1 aromatic heterocycles. The van der Waals surface area contributed by atoms with Gasteiger partial charge in [-0.15, -0.1) is 0 Å². The summed E-state index contributed by atoms with van der Waals surface area (Å²) in [6.45, 7) is -0.337. The third kappa shape index (κ3) is 3.96. The average molecular weight is 293 g/mol. The van der Waals surface area contributed by atoms with Crippen LogP contribution in [0.4, 0.5) is 19.4 Å². The van der Waals surface area contributed by atoms with Gasteiger partial charge in [0.15, 0.2) is 0 Å². The molecular formula is C14H13F2N3O2. The number of amides is 2. The van der Waals surface area contributed by atoms with Crippen LogP contribution in [-0.4, -0.2) is 22.7 Å². The minimum absolute atomic E-state index is 0.321. The lowest BCUT2D eigenvalue weighted by Gasteiger charge is -2.14. The van der Waals surface area contributed by atoms with Crippen LogP contribution in [-0.2, 0) is 0 Å². The fourth-order valence-corrected chi connectivity index (χ4v) is 1.72. The summed E-state index contributed by atoms with van der Waals surface area (Å²) in [5.74, 6) is -1.41. The van der Waals surface area contributed by atoms with Gasteiger partial charge in [-0.1, -0.05) is 12.1 Å². The molecule has 0 fully saturated rings. The van der Waals surface area contributed by atoms with Crippen molar-refractivity contribution < 1.29 is 18.7 Å². The Labute approximate surface area is 119 Å². The van der Waals surface area contributed by atoms with Crippen molar-refractivity contribution in [1.29, 1.82) is 0 Å². The van der Waals surface area contributed by atoms with Gasteiger partial charge in [0.05, 0.1) is 5.56 Å².